The van der Waals surface area contributed by atoms with Crippen LogP contribution in [0.2, 0.25) is 0 Å². The quantitative estimate of drug-likeness (QED) is 0.403. The van der Waals surface area contributed by atoms with Gasteiger partial charge in [-0.25, -0.2) is 8.42 Å². The standard InChI is InChI=1S/C14H10N4O4S2/c19-10(8-11(20)14-15-17-18-16-14)13-12(6-7-23-13)24(21,22)9-4-2-1-3-5-9/h1-8,20H,(H,15,16,17,18). The van der Waals surface area contributed by atoms with E-state index in [1.807, 2.05) is 0 Å². The van der Waals surface area contributed by atoms with Crippen molar-refractivity contribution in [1.29, 1.82) is 0 Å². The Hall–Kier alpha value is -2.85. The van der Waals surface area contributed by atoms with Gasteiger partial charge in [0, 0.05) is 6.08 Å². The highest BCUT2D eigenvalue weighted by molar-refractivity contribution is 7.91. The van der Waals surface area contributed by atoms with Gasteiger partial charge in [0.15, 0.2) is 5.76 Å². The summed E-state index contributed by atoms with van der Waals surface area (Å²) in [5.74, 6) is -1.33. The second kappa shape index (κ2) is 6.34. The average Bonchev–Trinajstić information content (AvgIpc) is 3.27. The van der Waals surface area contributed by atoms with Crippen molar-refractivity contribution in [3.63, 3.8) is 0 Å². The number of nitrogens with one attached hydrogen (secondary N) is 1. The number of thiophene rings is 1. The first-order chi connectivity index (χ1) is 11.5. The number of carbonyl (C=O) groups is 1. The summed E-state index contributed by atoms with van der Waals surface area (Å²) in [7, 11) is -3.83. The SMILES string of the molecule is O=C(C=C(O)c1nn[nH]n1)c1sccc1S(=O)(=O)c1ccccc1. The van der Waals surface area contributed by atoms with E-state index in [2.05, 4.69) is 20.6 Å². The second-order valence-corrected chi connectivity index (χ2v) is 7.39. The minimum Gasteiger partial charge on any atom is -0.504 e. The van der Waals surface area contributed by atoms with Crippen molar-refractivity contribution in [2.75, 3.05) is 0 Å². The summed E-state index contributed by atoms with van der Waals surface area (Å²) in [5.41, 5.74) is 0. The zero-order chi connectivity index (χ0) is 17.2. The molecule has 8 nitrogen and oxygen atoms in total. The van der Waals surface area contributed by atoms with Gasteiger partial charge in [0.25, 0.3) is 0 Å². The van der Waals surface area contributed by atoms with Gasteiger partial charge in [-0.15, -0.1) is 21.5 Å². The Morgan fingerprint density at radius 3 is 2.62 bits per heavy atom. The minimum atomic E-state index is -3.83. The number of aliphatic hydroxyl groups is 1. The Kier molecular flexibility index (Phi) is 4.23. The Labute approximate surface area is 140 Å². The van der Waals surface area contributed by atoms with Gasteiger partial charge in [-0.3, -0.25) is 4.79 Å². The fourth-order valence-electron chi connectivity index (χ4n) is 1.94. The highest BCUT2D eigenvalue weighted by atomic mass is 32.2. The van der Waals surface area contributed by atoms with Crippen LogP contribution in [0.1, 0.15) is 15.5 Å². The maximum absolute atomic E-state index is 12.7. The van der Waals surface area contributed by atoms with Crippen molar-refractivity contribution in [3.05, 3.63) is 58.6 Å². The molecule has 122 valence electrons. The molecule has 0 spiro atoms. The lowest BCUT2D eigenvalue weighted by atomic mass is 10.2. The Bertz CT molecular complexity index is 993. The summed E-state index contributed by atoms with van der Waals surface area (Å²) in [5, 5.41) is 23.8. The van der Waals surface area contributed by atoms with Gasteiger partial charge in [-0.05, 0) is 28.8 Å². The van der Waals surface area contributed by atoms with Crippen LogP contribution in [0.3, 0.4) is 0 Å². The van der Waals surface area contributed by atoms with Crippen LogP contribution in [0, 0.1) is 0 Å². The summed E-state index contributed by atoms with van der Waals surface area (Å²) < 4.78 is 25.3. The third-order valence-corrected chi connectivity index (χ3v) is 5.91. The fraction of sp³-hybridized carbons (Fsp3) is 0. The number of allylic oxidation sites excluding steroid dienone is 1. The van der Waals surface area contributed by atoms with Crippen LogP contribution in [0.15, 0.2) is 57.6 Å². The van der Waals surface area contributed by atoms with E-state index in [4.69, 9.17) is 0 Å². The van der Waals surface area contributed by atoms with Gasteiger partial charge in [-0.2, -0.15) is 5.21 Å². The number of rotatable bonds is 5. The molecule has 0 aliphatic rings. The number of aliphatic hydroxyl groups excluding tert-OH is 1. The molecule has 0 aliphatic heterocycles. The maximum atomic E-state index is 12.7. The Morgan fingerprint density at radius 2 is 1.96 bits per heavy atom. The van der Waals surface area contributed by atoms with Gasteiger partial charge in [0.05, 0.1) is 14.7 Å². The number of ketones is 1. The first-order valence-corrected chi connectivity index (χ1v) is 8.93. The Morgan fingerprint density at radius 1 is 1.21 bits per heavy atom. The summed E-state index contributed by atoms with van der Waals surface area (Å²) in [4.78, 5) is 12.3. The number of hydrogen-bond donors (Lipinski definition) is 2. The van der Waals surface area contributed by atoms with Crippen LogP contribution < -0.4 is 0 Å². The van der Waals surface area contributed by atoms with E-state index in [0.29, 0.717) is 0 Å². The largest absolute Gasteiger partial charge is 0.504 e. The van der Waals surface area contributed by atoms with E-state index in [1.54, 1.807) is 18.2 Å². The molecule has 0 saturated carbocycles. The van der Waals surface area contributed by atoms with Crippen molar-refractivity contribution < 1.29 is 18.3 Å². The van der Waals surface area contributed by atoms with E-state index in [0.717, 1.165) is 17.4 Å². The normalized spacial score (nSPS) is 12.2. The summed E-state index contributed by atoms with van der Waals surface area (Å²) in [6, 6.07) is 9.16. The molecule has 3 aromatic rings. The third kappa shape index (κ3) is 2.96. The van der Waals surface area contributed by atoms with Crippen molar-refractivity contribution in [3.8, 4) is 0 Å². The van der Waals surface area contributed by atoms with Gasteiger partial charge < -0.3 is 5.11 Å². The predicted molar refractivity (Wildman–Crippen MR) is 85.3 cm³/mol. The molecule has 2 aromatic heterocycles. The molecular weight excluding hydrogens is 352 g/mol. The third-order valence-electron chi connectivity index (χ3n) is 3.04. The predicted octanol–water partition coefficient (Wildman–Crippen LogP) is 1.88. The topological polar surface area (TPSA) is 126 Å². The molecule has 0 aliphatic carbocycles. The summed E-state index contributed by atoms with van der Waals surface area (Å²) in [6.45, 7) is 0. The number of aromatic nitrogens is 4. The number of carbonyl (C=O) groups excluding carboxylic acids is 1. The van der Waals surface area contributed by atoms with E-state index in [-0.39, 0.29) is 20.5 Å². The molecule has 3 rings (SSSR count). The molecule has 0 bridgehead atoms. The van der Waals surface area contributed by atoms with E-state index in [1.165, 1.54) is 23.6 Å². The number of hydrogen-bond acceptors (Lipinski definition) is 8. The minimum absolute atomic E-state index is 0.00565. The van der Waals surface area contributed by atoms with Crippen LogP contribution >= 0.6 is 11.3 Å². The molecule has 2 N–H and O–H groups in total. The fourth-order valence-corrected chi connectivity index (χ4v) is 4.56. The molecule has 0 amide bonds. The molecule has 0 saturated heterocycles. The molecule has 0 atom stereocenters. The summed E-state index contributed by atoms with van der Waals surface area (Å²) >= 11 is 0.970. The maximum Gasteiger partial charge on any atom is 0.239 e. The van der Waals surface area contributed by atoms with Crippen molar-refractivity contribution in [2.45, 2.75) is 9.79 Å². The zero-order valence-electron chi connectivity index (χ0n) is 11.9. The monoisotopic (exact) mass is 362 g/mol. The number of H-pyrrole nitrogens is 1. The van der Waals surface area contributed by atoms with E-state index >= 15 is 0 Å². The average molecular weight is 362 g/mol. The van der Waals surface area contributed by atoms with Crippen LogP contribution in [-0.2, 0) is 9.84 Å². The van der Waals surface area contributed by atoms with Gasteiger partial charge in [0.2, 0.25) is 21.4 Å². The number of aromatic amines is 1. The summed E-state index contributed by atoms with van der Waals surface area (Å²) in [6.07, 6.45) is 0.862. The van der Waals surface area contributed by atoms with Gasteiger partial charge in [-0.1, -0.05) is 18.2 Å². The smallest absolute Gasteiger partial charge is 0.239 e. The lowest BCUT2D eigenvalue weighted by Gasteiger charge is -2.04. The highest BCUT2D eigenvalue weighted by Crippen LogP contribution is 2.29. The van der Waals surface area contributed by atoms with E-state index < -0.39 is 21.4 Å². The first kappa shape index (κ1) is 16.0. The number of sulfone groups is 1. The lowest BCUT2D eigenvalue weighted by molar-refractivity contribution is 0.104. The number of nitrogens with zero attached hydrogens (tertiary/aromatic N) is 3. The van der Waals surface area contributed by atoms with Crippen LogP contribution in [0.25, 0.3) is 5.76 Å². The molecule has 10 heteroatoms. The highest BCUT2D eigenvalue weighted by Gasteiger charge is 2.25. The molecular formula is C14H10N4O4S2. The lowest BCUT2D eigenvalue weighted by Crippen LogP contribution is -2.06. The molecule has 0 radical (unpaired) electrons. The van der Waals surface area contributed by atoms with Gasteiger partial charge in [0.1, 0.15) is 0 Å². The van der Waals surface area contributed by atoms with Crippen LogP contribution in [0.5, 0.6) is 0 Å². The Balaban J connectivity index is 1.99. The zero-order valence-corrected chi connectivity index (χ0v) is 13.6. The molecule has 2 heterocycles. The molecule has 0 fully saturated rings. The number of benzene rings is 1. The van der Waals surface area contributed by atoms with Crippen LogP contribution in [0.4, 0.5) is 0 Å². The number of tetrazole rings is 1. The molecule has 24 heavy (non-hydrogen) atoms. The van der Waals surface area contributed by atoms with E-state index in [9.17, 15) is 18.3 Å². The first-order valence-electron chi connectivity index (χ1n) is 6.56. The van der Waals surface area contributed by atoms with Gasteiger partial charge >= 0.3 is 0 Å². The molecule has 0 unspecified atom stereocenters. The second-order valence-electron chi connectivity index (χ2n) is 4.56. The van der Waals surface area contributed by atoms with Crippen molar-refractivity contribution >= 4 is 32.7 Å². The van der Waals surface area contributed by atoms with Crippen LogP contribution in [-0.4, -0.2) is 39.9 Å². The van der Waals surface area contributed by atoms with Crippen molar-refractivity contribution in [2.24, 2.45) is 0 Å². The molecule has 1 aromatic carbocycles. The van der Waals surface area contributed by atoms with Crippen molar-refractivity contribution in [1.82, 2.24) is 20.6 Å².